The lowest BCUT2D eigenvalue weighted by Crippen LogP contribution is -2.24. The summed E-state index contributed by atoms with van der Waals surface area (Å²) in [7, 11) is 3.47. The number of ether oxygens (including phenoxy) is 1. The van der Waals surface area contributed by atoms with Crippen molar-refractivity contribution in [1.82, 2.24) is 14.1 Å². The zero-order chi connectivity index (χ0) is 18.5. The van der Waals surface area contributed by atoms with Crippen LogP contribution in [-0.4, -0.2) is 39.4 Å². The monoisotopic (exact) mass is 371 g/mol. The van der Waals surface area contributed by atoms with Gasteiger partial charge in [-0.15, -0.1) is 0 Å². The third-order valence-corrected chi connectivity index (χ3v) is 5.09. The minimum Gasteiger partial charge on any atom is -0.385 e. The molecular weight excluding hydrogens is 350 g/mol. The molecule has 0 aliphatic carbocycles. The van der Waals surface area contributed by atoms with Gasteiger partial charge in [0.25, 0.3) is 5.56 Å². The lowest BCUT2D eigenvalue weighted by atomic mass is 10.2. The highest BCUT2D eigenvalue weighted by Crippen LogP contribution is 2.19. The highest BCUT2D eigenvalue weighted by atomic mass is 32.2. The number of carbonyl (C=O) groups is 1. The number of thioether (sulfide) groups is 1. The summed E-state index contributed by atoms with van der Waals surface area (Å²) in [5.74, 6) is 0.237. The van der Waals surface area contributed by atoms with Crippen LogP contribution in [0.3, 0.4) is 0 Å². The van der Waals surface area contributed by atoms with Gasteiger partial charge in [0.1, 0.15) is 0 Å². The molecule has 3 rings (SSSR count). The second-order valence-corrected chi connectivity index (χ2v) is 6.87. The molecule has 2 aromatic heterocycles. The Morgan fingerprint density at radius 2 is 2.04 bits per heavy atom. The predicted molar refractivity (Wildman–Crippen MR) is 103 cm³/mol. The van der Waals surface area contributed by atoms with Gasteiger partial charge >= 0.3 is 0 Å². The van der Waals surface area contributed by atoms with Gasteiger partial charge in [0.05, 0.1) is 22.3 Å². The molecule has 0 fully saturated rings. The zero-order valence-electron chi connectivity index (χ0n) is 14.8. The van der Waals surface area contributed by atoms with Gasteiger partial charge in [-0.2, -0.15) is 0 Å². The van der Waals surface area contributed by atoms with Crippen LogP contribution in [0.5, 0.6) is 0 Å². The van der Waals surface area contributed by atoms with E-state index in [0.29, 0.717) is 41.3 Å². The van der Waals surface area contributed by atoms with Gasteiger partial charge in [0.2, 0.25) is 0 Å². The molecule has 0 atom stereocenters. The molecule has 0 N–H and O–H groups in total. The Bertz CT molecular complexity index is 978. The number of methoxy groups -OCH3 is 1. The molecule has 3 aromatic rings. The fourth-order valence-corrected chi connectivity index (χ4v) is 3.68. The van der Waals surface area contributed by atoms with Gasteiger partial charge < -0.3 is 9.30 Å². The van der Waals surface area contributed by atoms with Crippen molar-refractivity contribution in [3.63, 3.8) is 0 Å². The first-order valence-electron chi connectivity index (χ1n) is 8.37. The molecule has 0 radical (unpaired) electrons. The molecule has 7 heteroatoms. The number of aromatic nitrogens is 3. The Kier molecular flexibility index (Phi) is 5.90. The fourth-order valence-electron chi connectivity index (χ4n) is 2.78. The molecule has 0 spiro atoms. The maximum Gasteiger partial charge on any atom is 0.262 e. The summed E-state index contributed by atoms with van der Waals surface area (Å²) in [6.45, 7) is 1.07. The lowest BCUT2D eigenvalue weighted by Gasteiger charge is -2.13. The maximum absolute atomic E-state index is 12.9. The lowest BCUT2D eigenvalue weighted by molar-refractivity contribution is 0.101. The fraction of sp³-hybridized carbons (Fsp3) is 0.316. The first kappa shape index (κ1) is 18.4. The Morgan fingerprint density at radius 1 is 1.23 bits per heavy atom. The van der Waals surface area contributed by atoms with Gasteiger partial charge in [0.15, 0.2) is 10.9 Å². The summed E-state index contributed by atoms with van der Waals surface area (Å²) in [5.41, 5.74) is 1.21. The molecule has 0 unspecified atom stereocenters. The van der Waals surface area contributed by atoms with Crippen LogP contribution >= 0.6 is 11.8 Å². The molecule has 0 amide bonds. The molecule has 6 nitrogen and oxygen atoms in total. The van der Waals surface area contributed by atoms with E-state index in [4.69, 9.17) is 4.74 Å². The van der Waals surface area contributed by atoms with Gasteiger partial charge in [0, 0.05) is 33.5 Å². The van der Waals surface area contributed by atoms with Crippen molar-refractivity contribution in [2.24, 2.45) is 7.05 Å². The number of ketones is 1. The minimum atomic E-state index is -0.0829. The number of carbonyl (C=O) groups excluding carboxylic acids is 1. The van der Waals surface area contributed by atoms with Crippen molar-refractivity contribution >= 4 is 28.4 Å². The van der Waals surface area contributed by atoms with E-state index in [9.17, 15) is 9.59 Å². The van der Waals surface area contributed by atoms with Crippen molar-refractivity contribution in [2.75, 3.05) is 19.5 Å². The summed E-state index contributed by atoms with van der Waals surface area (Å²) in [5, 5.41) is 1.15. The molecule has 0 saturated carbocycles. The molecule has 0 aliphatic heterocycles. The van der Waals surface area contributed by atoms with E-state index in [0.717, 1.165) is 0 Å². The highest BCUT2D eigenvalue weighted by molar-refractivity contribution is 7.99. The zero-order valence-corrected chi connectivity index (χ0v) is 15.7. The van der Waals surface area contributed by atoms with Crippen LogP contribution in [0.15, 0.2) is 52.5 Å². The van der Waals surface area contributed by atoms with Crippen LogP contribution in [0.2, 0.25) is 0 Å². The standard InChI is InChI=1S/C19H21N3O3S/c1-21-10-5-9-16(21)17(23)13-26-19-20-15-8-4-3-7-14(15)18(24)22(19)11-6-12-25-2/h3-5,7-10H,6,11-13H2,1-2H3. The quantitative estimate of drug-likeness (QED) is 0.264. The molecule has 0 bridgehead atoms. The number of rotatable bonds is 8. The second kappa shape index (κ2) is 8.33. The SMILES string of the molecule is COCCCn1c(SCC(=O)c2cccn2C)nc2ccccc2c1=O. The van der Waals surface area contributed by atoms with Crippen molar-refractivity contribution < 1.29 is 9.53 Å². The Balaban J connectivity index is 1.90. The smallest absolute Gasteiger partial charge is 0.262 e. The predicted octanol–water partition coefficient (Wildman–Crippen LogP) is 2.75. The van der Waals surface area contributed by atoms with Crippen LogP contribution in [0.1, 0.15) is 16.9 Å². The first-order chi connectivity index (χ1) is 12.6. The first-order valence-corrected chi connectivity index (χ1v) is 9.36. The minimum absolute atomic E-state index is 0.00773. The van der Waals surface area contributed by atoms with E-state index in [1.165, 1.54) is 11.8 Å². The van der Waals surface area contributed by atoms with Crippen LogP contribution in [-0.2, 0) is 18.3 Å². The molecule has 0 aliphatic rings. The third kappa shape index (κ3) is 3.89. The summed E-state index contributed by atoms with van der Waals surface area (Å²) in [6.07, 6.45) is 2.54. The molecule has 136 valence electrons. The Labute approximate surface area is 155 Å². The van der Waals surface area contributed by atoms with Crippen LogP contribution in [0, 0.1) is 0 Å². The van der Waals surface area contributed by atoms with Crippen LogP contribution in [0.4, 0.5) is 0 Å². The van der Waals surface area contributed by atoms with E-state index in [-0.39, 0.29) is 17.1 Å². The number of hydrogen-bond acceptors (Lipinski definition) is 5. The Hall–Kier alpha value is -2.38. The summed E-state index contributed by atoms with van der Waals surface area (Å²) in [6, 6.07) is 10.9. The van der Waals surface area contributed by atoms with E-state index < -0.39 is 0 Å². The highest BCUT2D eigenvalue weighted by Gasteiger charge is 2.15. The summed E-state index contributed by atoms with van der Waals surface area (Å²) in [4.78, 5) is 29.9. The van der Waals surface area contributed by atoms with Crippen LogP contribution < -0.4 is 5.56 Å². The average Bonchev–Trinajstić information content (AvgIpc) is 3.08. The third-order valence-electron chi connectivity index (χ3n) is 4.12. The topological polar surface area (TPSA) is 66.1 Å². The molecule has 26 heavy (non-hydrogen) atoms. The van der Waals surface area contributed by atoms with E-state index >= 15 is 0 Å². The van der Waals surface area contributed by atoms with Crippen molar-refractivity contribution in [3.8, 4) is 0 Å². The van der Waals surface area contributed by atoms with Gasteiger partial charge in [-0.05, 0) is 30.7 Å². The molecule has 1 aromatic carbocycles. The molecule has 0 saturated heterocycles. The number of para-hydroxylation sites is 1. The number of benzene rings is 1. The number of nitrogens with zero attached hydrogens (tertiary/aromatic N) is 3. The number of hydrogen-bond donors (Lipinski definition) is 0. The van der Waals surface area contributed by atoms with E-state index in [1.54, 1.807) is 28.4 Å². The molecular formula is C19H21N3O3S. The second-order valence-electron chi connectivity index (χ2n) is 5.93. The largest absolute Gasteiger partial charge is 0.385 e. The van der Waals surface area contributed by atoms with Crippen molar-refractivity contribution in [1.29, 1.82) is 0 Å². The van der Waals surface area contributed by atoms with E-state index in [2.05, 4.69) is 4.98 Å². The average molecular weight is 371 g/mol. The van der Waals surface area contributed by atoms with Crippen molar-refractivity contribution in [3.05, 3.63) is 58.6 Å². The van der Waals surface area contributed by atoms with Crippen molar-refractivity contribution in [2.45, 2.75) is 18.1 Å². The maximum atomic E-state index is 12.9. The van der Waals surface area contributed by atoms with Gasteiger partial charge in [-0.1, -0.05) is 23.9 Å². The van der Waals surface area contributed by atoms with Gasteiger partial charge in [-0.3, -0.25) is 14.2 Å². The number of Topliss-reactive ketones (excluding diaryl/α,β-unsaturated/α-hetero) is 1. The van der Waals surface area contributed by atoms with E-state index in [1.807, 2.05) is 37.5 Å². The number of aryl methyl sites for hydroxylation is 1. The summed E-state index contributed by atoms with van der Waals surface area (Å²) < 4.78 is 8.53. The number of fused-ring (bicyclic) bond motifs is 1. The van der Waals surface area contributed by atoms with Gasteiger partial charge in [-0.25, -0.2) is 4.98 Å². The normalized spacial score (nSPS) is 11.2. The summed E-state index contributed by atoms with van der Waals surface area (Å²) >= 11 is 1.30. The van der Waals surface area contributed by atoms with Crippen LogP contribution in [0.25, 0.3) is 10.9 Å². The molecule has 2 heterocycles. The Morgan fingerprint density at radius 3 is 2.77 bits per heavy atom.